The van der Waals surface area contributed by atoms with E-state index < -0.39 is 0 Å². The summed E-state index contributed by atoms with van der Waals surface area (Å²) in [6, 6.07) is 3.74. The molecule has 74 valence electrons. The maximum absolute atomic E-state index is 5.74. The molecule has 3 aromatic heterocycles. The average molecular weight is 217 g/mol. The van der Waals surface area contributed by atoms with Gasteiger partial charge < -0.3 is 10.2 Å². The monoisotopic (exact) mass is 217 g/mol. The lowest BCUT2D eigenvalue weighted by molar-refractivity contribution is 0.621. The van der Waals surface area contributed by atoms with Gasteiger partial charge in [-0.05, 0) is 12.1 Å². The zero-order valence-corrected chi connectivity index (χ0v) is 8.49. The number of hydrogen-bond donors (Lipinski definition) is 1. The highest BCUT2D eigenvalue weighted by atomic mass is 32.1. The summed E-state index contributed by atoms with van der Waals surface area (Å²) in [5.41, 5.74) is 8.06. The Bertz CT molecular complexity index is 599. The van der Waals surface area contributed by atoms with Crippen LogP contribution in [-0.4, -0.2) is 9.97 Å². The number of thiophene rings is 1. The maximum atomic E-state index is 5.74. The van der Waals surface area contributed by atoms with E-state index in [4.69, 9.17) is 10.2 Å². The standard InChI is InChI=1S/C10H7N3OS/c11-9-8-7(5-15-9)13-10(14-8)6-2-1-3-12-4-6/h1-5H,11H2. The number of nitrogens with zero attached hydrogens (tertiary/aromatic N) is 2. The Labute approximate surface area is 89.4 Å². The number of pyridine rings is 1. The number of rotatable bonds is 1. The molecule has 3 heterocycles. The Morgan fingerprint density at radius 3 is 3.07 bits per heavy atom. The zero-order valence-electron chi connectivity index (χ0n) is 7.68. The summed E-state index contributed by atoms with van der Waals surface area (Å²) in [5.74, 6) is 0.563. The third kappa shape index (κ3) is 1.28. The minimum atomic E-state index is 0.563. The molecule has 0 amide bonds. The molecule has 0 spiro atoms. The van der Waals surface area contributed by atoms with Crippen LogP contribution in [0.3, 0.4) is 0 Å². The smallest absolute Gasteiger partial charge is 0.229 e. The Morgan fingerprint density at radius 2 is 2.33 bits per heavy atom. The van der Waals surface area contributed by atoms with Gasteiger partial charge >= 0.3 is 0 Å². The Morgan fingerprint density at radius 1 is 1.40 bits per heavy atom. The topological polar surface area (TPSA) is 64.9 Å². The predicted molar refractivity (Wildman–Crippen MR) is 59.5 cm³/mol. The molecule has 0 saturated heterocycles. The van der Waals surface area contributed by atoms with Crippen molar-refractivity contribution in [3.8, 4) is 11.5 Å². The van der Waals surface area contributed by atoms with E-state index in [1.807, 2.05) is 17.5 Å². The van der Waals surface area contributed by atoms with E-state index >= 15 is 0 Å². The summed E-state index contributed by atoms with van der Waals surface area (Å²) in [6.45, 7) is 0. The highest BCUT2D eigenvalue weighted by Crippen LogP contribution is 2.31. The fourth-order valence-corrected chi connectivity index (χ4v) is 2.03. The van der Waals surface area contributed by atoms with Gasteiger partial charge in [-0.2, -0.15) is 0 Å². The van der Waals surface area contributed by atoms with Crippen LogP contribution in [0.15, 0.2) is 34.3 Å². The second-order valence-corrected chi connectivity index (χ2v) is 3.99. The van der Waals surface area contributed by atoms with Crippen LogP contribution in [0.4, 0.5) is 5.00 Å². The molecule has 4 nitrogen and oxygen atoms in total. The van der Waals surface area contributed by atoms with Gasteiger partial charge in [0.1, 0.15) is 10.5 Å². The summed E-state index contributed by atoms with van der Waals surface area (Å²) >= 11 is 1.43. The number of oxazole rings is 1. The molecule has 0 saturated carbocycles. The molecule has 0 atom stereocenters. The van der Waals surface area contributed by atoms with E-state index in [-0.39, 0.29) is 0 Å². The number of anilines is 1. The summed E-state index contributed by atoms with van der Waals surface area (Å²) in [5, 5.41) is 2.54. The molecule has 3 rings (SSSR count). The van der Waals surface area contributed by atoms with Crippen molar-refractivity contribution < 1.29 is 4.42 Å². The molecule has 0 bridgehead atoms. The minimum absolute atomic E-state index is 0.563. The predicted octanol–water partition coefficient (Wildman–Crippen LogP) is 2.53. The number of hydrogen-bond acceptors (Lipinski definition) is 5. The number of fused-ring (bicyclic) bond motifs is 1. The van der Waals surface area contributed by atoms with Crippen molar-refractivity contribution in [3.63, 3.8) is 0 Å². The van der Waals surface area contributed by atoms with Gasteiger partial charge in [0.25, 0.3) is 0 Å². The summed E-state index contributed by atoms with van der Waals surface area (Å²) in [4.78, 5) is 8.34. The lowest BCUT2D eigenvalue weighted by Crippen LogP contribution is -1.78. The Kier molecular flexibility index (Phi) is 1.72. The van der Waals surface area contributed by atoms with Gasteiger partial charge in [-0.3, -0.25) is 4.98 Å². The largest absolute Gasteiger partial charge is 0.433 e. The molecule has 0 radical (unpaired) electrons. The molecule has 2 N–H and O–H groups in total. The van der Waals surface area contributed by atoms with Crippen LogP contribution in [-0.2, 0) is 0 Å². The zero-order chi connectivity index (χ0) is 10.3. The van der Waals surface area contributed by atoms with Crippen LogP contribution >= 0.6 is 11.3 Å². The molecule has 15 heavy (non-hydrogen) atoms. The summed E-state index contributed by atoms with van der Waals surface area (Å²) in [6.07, 6.45) is 3.42. The van der Waals surface area contributed by atoms with Crippen molar-refractivity contribution >= 4 is 27.4 Å². The van der Waals surface area contributed by atoms with E-state index in [0.29, 0.717) is 16.5 Å². The molecule has 3 aromatic rings. The first-order valence-corrected chi connectivity index (χ1v) is 5.26. The highest BCUT2D eigenvalue weighted by molar-refractivity contribution is 7.15. The van der Waals surface area contributed by atoms with Gasteiger partial charge in [0.15, 0.2) is 5.58 Å². The molecule has 0 fully saturated rings. The molecule has 0 aliphatic carbocycles. The summed E-state index contributed by atoms with van der Waals surface area (Å²) < 4.78 is 5.56. The average Bonchev–Trinajstić information content (AvgIpc) is 2.83. The quantitative estimate of drug-likeness (QED) is 0.680. The normalized spacial score (nSPS) is 10.9. The van der Waals surface area contributed by atoms with E-state index in [1.54, 1.807) is 12.4 Å². The highest BCUT2D eigenvalue weighted by Gasteiger charge is 2.11. The van der Waals surface area contributed by atoms with Crippen LogP contribution < -0.4 is 5.73 Å². The third-order valence-electron chi connectivity index (χ3n) is 2.08. The lowest BCUT2D eigenvalue weighted by atomic mass is 10.3. The van der Waals surface area contributed by atoms with Crippen molar-refractivity contribution in [3.05, 3.63) is 29.9 Å². The van der Waals surface area contributed by atoms with Crippen molar-refractivity contribution in [2.75, 3.05) is 5.73 Å². The molecule has 0 aliphatic rings. The number of nitrogens with two attached hydrogens (primary N) is 1. The lowest BCUT2D eigenvalue weighted by Gasteiger charge is -1.91. The first-order chi connectivity index (χ1) is 7.34. The molecule has 5 heteroatoms. The molecule has 0 unspecified atom stereocenters. The van der Waals surface area contributed by atoms with Crippen LogP contribution in [0.1, 0.15) is 0 Å². The fraction of sp³-hybridized carbons (Fsp3) is 0. The van der Waals surface area contributed by atoms with Gasteiger partial charge in [0.05, 0.1) is 5.56 Å². The van der Waals surface area contributed by atoms with Gasteiger partial charge in [-0.15, -0.1) is 11.3 Å². The van der Waals surface area contributed by atoms with Crippen molar-refractivity contribution in [2.45, 2.75) is 0 Å². The number of aromatic nitrogens is 2. The van der Waals surface area contributed by atoms with Crippen LogP contribution in [0, 0.1) is 0 Å². The van der Waals surface area contributed by atoms with E-state index in [1.165, 1.54) is 11.3 Å². The molecule has 0 aliphatic heterocycles. The minimum Gasteiger partial charge on any atom is -0.433 e. The Balaban J connectivity index is 2.20. The second kappa shape index (κ2) is 3.06. The van der Waals surface area contributed by atoms with Crippen molar-refractivity contribution in [1.29, 1.82) is 0 Å². The summed E-state index contributed by atoms with van der Waals surface area (Å²) in [7, 11) is 0. The van der Waals surface area contributed by atoms with Crippen molar-refractivity contribution in [1.82, 2.24) is 9.97 Å². The molecular weight excluding hydrogens is 210 g/mol. The number of nitrogen functional groups attached to an aromatic ring is 1. The van der Waals surface area contributed by atoms with Crippen molar-refractivity contribution in [2.24, 2.45) is 0 Å². The Hall–Kier alpha value is -1.88. The first-order valence-electron chi connectivity index (χ1n) is 4.38. The van der Waals surface area contributed by atoms with Crippen LogP contribution in [0.25, 0.3) is 22.6 Å². The van der Waals surface area contributed by atoms with E-state index in [9.17, 15) is 0 Å². The van der Waals surface area contributed by atoms with Gasteiger partial charge in [0.2, 0.25) is 5.89 Å². The molecular formula is C10H7N3OS. The van der Waals surface area contributed by atoms with Gasteiger partial charge in [0, 0.05) is 17.8 Å². The van der Waals surface area contributed by atoms with Gasteiger partial charge in [-0.1, -0.05) is 0 Å². The second-order valence-electron chi connectivity index (χ2n) is 3.08. The maximum Gasteiger partial charge on any atom is 0.229 e. The SMILES string of the molecule is Nc1scc2nc(-c3cccnc3)oc12. The van der Waals surface area contributed by atoms with Gasteiger partial charge in [-0.25, -0.2) is 4.98 Å². The van der Waals surface area contributed by atoms with E-state index in [2.05, 4.69) is 9.97 Å². The van der Waals surface area contributed by atoms with Crippen LogP contribution in [0.5, 0.6) is 0 Å². The van der Waals surface area contributed by atoms with E-state index in [0.717, 1.165) is 11.1 Å². The van der Waals surface area contributed by atoms with Crippen LogP contribution in [0.2, 0.25) is 0 Å². The fourth-order valence-electron chi connectivity index (χ4n) is 1.37. The molecule has 0 aromatic carbocycles. The first kappa shape index (κ1) is 8.43. The third-order valence-corrected chi connectivity index (χ3v) is 2.86.